The van der Waals surface area contributed by atoms with E-state index in [-0.39, 0.29) is 11.7 Å². The van der Waals surface area contributed by atoms with Crippen molar-refractivity contribution in [2.75, 3.05) is 6.61 Å². The quantitative estimate of drug-likeness (QED) is 0.343. The van der Waals surface area contributed by atoms with E-state index in [0.29, 0.717) is 23.0 Å². The maximum atomic E-state index is 13.8. The van der Waals surface area contributed by atoms with E-state index in [1.54, 1.807) is 6.07 Å². The molecule has 0 saturated heterocycles. The Labute approximate surface area is 195 Å². The fraction of sp³-hybridized carbons (Fsp3) is 0.375. The molecule has 0 amide bonds. The van der Waals surface area contributed by atoms with Crippen molar-refractivity contribution in [3.8, 4) is 17.2 Å². The zero-order valence-electron chi connectivity index (χ0n) is 18.2. The highest BCUT2D eigenvalue weighted by atomic mass is 19.4. The number of aromatic amines is 1. The van der Waals surface area contributed by atoms with Crippen LogP contribution in [0.3, 0.4) is 0 Å². The number of halogens is 6. The lowest BCUT2D eigenvalue weighted by atomic mass is 9.84. The largest absolute Gasteiger partial charge is 0.482 e. The van der Waals surface area contributed by atoms with E-state index in [1.807, 2.05) is 6.20 Å². The van der Waals surface area contributed by atoms with Crippen molar-refractivity contribution < 1.29 is 45.7 Å². The zero-order chi connectivity index (χ0) is 25.4. The molecule has 1 saturated carbocycles. The van der Waals surface area contributed by atoms with Crippen molar-refractivity contribution in [2.24, 2.45) is 0 Å². The van der Waals surface area contributed by atoms with E-state index in [9.17, 15) is 31.1 Å². The minimum absolute atomic E-state index is 0.190. The number of carbonyl (C=O) groups is 1. The molecule has 1 fully saturated rings. The Balaban J connectivity index is 1.79. The number of alkyl halides is 6. The van der Waals surface area contributed by atoms with Crippen LogP contribution in [0, 0.1) is 0 Å². The molecule has 0 unspecified atom stereocenters. The van der Waals surface area contributed by atoms with Crippen molar-refractivity contribution in [3.05, 3.63) is 53.2 Å². The average Bonchev–Trinajstić information content (AvgIpc) is 3.20. The minimum atomic E-state index is -5.23. The second-order valence-corrected chi connectivity index (χ2v) is 8.41. The summed E-state index contributed by atoms with van der Waals surface area (Å²) in [6.45, 7) is -1.11. The number of H-pyrrole nitrogens is 1. The molecule has 2 aromatic carbocycles. The number of rotatable bonds is 6. The van der Waals surface area contributed by atoms with Crippen molar-refractivity contribution in [1.82, 2.24) is 4.98 Å². The molecule has 0 aliphatic heterocycles. The van der Waals surface area contributed by atoms with Gasteiger partial charge in [-0.2, -0.15) is 26.3 Å². The summed E-state index contributed by atoms with van der Waals surface area (Å²) in [5.41, 5.74) is -1.80. The number of hydrogen-bond acceptors (Lipinski definition) is 3. The number of carboxylic acids is 1. The lowest BCUT2D eigenvalue weighted by Gasteiger charge is -2.22. The van der Waals surface area contributed by atoms with E-state index >= 15 is 0 Å². The van der Waals surface area contributed by atoms with Crippen molar-refractivity contribution in [2.45, 2.75) is 50.4 Å². The van der Waals surface area contributed by atoms with Gasteiger partial charge in [0.1, 0.15) is 22.6 Å². The van der Waals surface area contributed by atoms with Gasteiger partial charge in [-0.15, -0.1) is 0 Å². The molecule has 0 radical (unpaired) electrons. The SMILES string of the molecule is O=C(O)COc1cc(C(F)(F)F)c(Oc2ccc3[nH]cc(C4CCCCC4)c3c2)c(C(F)(F)F)c1. The van der Waals surface area contributed by atoms with E-state index in [1.165, 1.54) is 12.1 Å². The molecule has 1 aliphatic rings. The summed E-state index contributed by atoms with van der Waals surface area (Å²) in [6, 6.07) is 4.87. The molecule has 0 spiro atoms. The minimum Gasteiger partial charge on any atom is -0.482 e. The summed E-state index contributed by atoms with van der Waals surface area (Å²) in [5, 5.41) is 9.35. The molecule has 5 nitrogen and oxygen atoms in total. The fourth-order valence-corrected chi connectivity index (χ4v) is 4.42. The van der Waals surface area contributed by atoms with Crippen LogP contribution >= 0.6 is 0 Å². The maximum absolute atomic E-state index is 13.8. The first-order valence-electron chi connectivity index (χ1n) is 10.9. The molecule has 0 atom stereocenters. The summed E-state index contributed by atoms with van der Waals surface area (Å²) in [5.74, 6) is -3.82. The van der Waals surface area contributed by atoms with Crippen LogP contribution in [-0.4, -0.2) is 22.7 Å². The van der Waals surface area contributed by atoms with Crippen LogP contribution in [0.4, 0.5) is 26.3 Å². The fourth-order valence-electron chi connectivity index (χ4n) is 4.42. The van der Waals surface area contributed by atoms with Crippen LogP contribution in [0.15, 0.2) is 36.5 Å². The third-order valence-corrected chi connectivity index (χ3v) is 5.99. The van der Waals surface area contributed by atoms with Crippen LogP contribution in [0.2, 0.25) is 0 Å². The molecule has 3 aromatic rings. The maximum Gasteiger partial charge on any atom is 0.420 e. The van der Waals surface area contributed by atoms with Crippen LogP contribution in [-0.2, 0) is 17.1 Å². The first kappa shape index (κ1) is 24.7. The second kappa shape index (κ2) is 9.35. The first-order chi connectivity index (χ1) is 16.4. The molecular formula is C24H21F6NO4. The number of nitrogens with one attached hydrogen (secondary N) is 1. The van der Waals surface area contributed by atoms with Gasteiger partial charge >= 0.3 is 18.3 Å². The van der Waals surface area contributed by atoms with E-state index < -0.39 is 47.6 Å². The summed E-state index contributed by atoms with van der Waals surface area (Å²) >= 11 is 0. The van der Waals surface area contributed by atoms with Gasteiger partial charge in [-0.1, -0.05) is 19.3 Å². The van der Waals surface area contributed by atoms with Crippen LogP contribution < -0.4 is 9.47 Å². The highest BCUT2D eigenvalue weighted by molar-refractivity contribution is 5.85. The molecule has 11 heteroatoms. The first-order valence-corrected chi connectivity index (χ1v) is 10.9. The molecule has 35 heavy (non-hydrogen) atoms. The van der Waals surface area contributed by atoms with Gasteiger partial charge in [0.15, 0.2) is 12.4 Å². The monoisotopic (exact) mass is 501 g/mol. The number of carboxylic acid groups (broad SMARTS) is 1. The molecular weight excluding hydrogens is 480 g/mol. The lowest BCUT2D eigenvalue weighted by molar-refractivity contribution is -0.145. The van der Waals surface area contributed by atoms with Gasteiger partial charge in [-0.25, -0.2) is 4.79 Å². The summed E-state index contributed by atoms with van der Waals surface area (Å²) in [4.78, 5) is 13.8. The van der Waals surface area contributed by atoms with E-state index in [4.69, 9.17) is 9.84 Å². The third-order valence-electron chi connectivity index (χ3n) is 5.99. The number of aliphatic carboxylic acids is 1. The van der Waals surface area contributed by atoms with Gasteiger partial charge in [0.2, 0.25) is 0 Å². The second-order valence-electron chi connectivity index (χ2n) is 8.41. The number of aromatic nitrogens is 1. The Morgan fingerprint density at radius 1 is 0.943 bits per heavy atom. The summed E-state index contributed by atoms with van der Waals surface area (Å²) in [6.07, 6.45) is -3.52. The van der Waals surface area contributed by atoms with Crippen molar-refractivity contribution >= 4 is 16.9 Å². The van der Waals surface area contributed by atoms with Gasteiger partial charge in [0.25, 0.3) is 0 Å². The zero-order valence-corrected chi connectivity index (χ0v) is 18.2. The normalized spacial score (nSPS) is 15.4. The topological polar surface area (TPSA) is 71.6 Å². The third kappa shape index (κ3) is 5.49. The average molecular weight is 501 g/mol. The van der Waals surface area contributed by atoms with Gasteiger partial charge in [-0.05, 0) is 54.7 Å². The Morgan fingerprint density at radius 3 is 2.14 bits per heavy atom. The Morgan fingerprint density at radius 2 is 1.57 bits per heavy atom. The number of fused-ring (bicyclic) bond motifs is 1. The molecule has 2 N–H and O–H groups in total. The summed E-state index contributed by atoms with van der Waals surface area (Å²) < 4.78 is 92.6. The van der Waals surface area contributed by atoms with E-state index in [2.05, 4.69) is 9.72 Å². The van der Waals surface area contributed by atoms with E-state index in [0.717, 1.165) is 37.7 Å². The molecule has 188 valence electrons. The van der Waals surface area contributed by atoms with Crippen LogP contribution in [0.1, 0.15) is 54.7 Å². The lowest BCUT2D eigenvalue weighted by Crippen LogP contribution is -2.16. The highest BCUT2D eigenvalue weighted by Gasteiger charge is 2.43. The summed E-state index contributed by atoms with van der Waals surface area (Å²) in [7, 11) is 0. The van der Waals surface area contributed by atoms with Gasteiger partial charge in [-0.3, -0.25) is 0 Å². The Hall–Kier alpha value is -3.37. The van der Waals surface area contributed by atoms with Crippen LogP contribution in [0.25, 0.3) is 10.9 Å². The predicted octanol–water partition coefficient (Wildman–Crippen LogP) is 7.51. The standard InChI is InChI=1S/C24H21F6NO4/c25-23(26,27)18-9-15(34-12-21(32)33)10-19(24(28,29)30)22(18)35-14-6-7-20-16(8-14)17(11-31-20)13-4-2-1-3-5-13/h6-11,13,31H,1-5,12H2,(H,32,33). The number of hydrogen-bond donors (Lipinski definition) is 2. The van der Waals surface area contributed by atoms with Gasteiger partial charge < -0.3 is 19.6 Å². The Kier molecular flexibility index (Phi) is 6.61. The van der Waals surface area contributed by atoms with Gasteiger partial charge in [0.05, 0.1) is 0 Å². The molecule has 0 bridgehead atoms. The smallest absolute Gasteiger partial charge is 0.420 e. The molecule has 1 aromatic heterocycles. The van der Waals surface area contributed by atoms with Crippen LogP contribution in [0.5, 0.6) is 17.2 Å². The molecule has 4 rings (SSSR count). The highest BCUT2D eigenvalue weighted by Crippen LogP contribution is 2.48. The molecule has 1 heterocycles. The van der Waals surface area contributed by atoms with Crippen molar-refractivity contribution in [3.63, 3.8) is 0 Å². The molecule has 1 aliphatic carbocycles. The Bertz CT molecular complexity index is 1190. The van der Waals surface area contributed by atoms with Gasteiger partial charge in [0, 0.05) is 17.1 Å². The predicted molar refractivity (Wildman–Crippen MR) is 114 cm³/mol. The number of benzene rings is 2. The van der Waals surface area contributed by atoms with Crippen molar-refractivity contribution in [1.29, 1.82) is 0 Å². The number of ether oxygens (including phenoxy) is 2.